The molecule has 2 amide bonds. The maximum absolute atomic E-state index is 12.7. The molecule has 1 saturated heterocycles. The molecule has 1 N–H and O–H groups in total. The van der Waals surface area contributed by atoms with Crippen LogP contribution in [0.15, 0.2) is 30.3 Å². The molecular weight excluding hydrogens is 368 g/mol. The number of amides is 2. The van der Waals surface area contributed by atoms with E-state index in [4.69, 9.17) is 16.3 Å². The van der Waals surface area contributed by atoms with Gasteiger partial charge in [0, 0.05) is 36.8 Å². The molecule has 7 nitrogen and oxygen atoms in total. The first-order valence-corrected chi connectivity index (χ1v) is 9.19. The first-order valence-electron chi connectivity index (χ1n) is 8.81. The molecule has 0 atom stereocenters. The molecule has 0 radical (unpaired) electrons. The van der Waals surface area contributed by atoms with Crippen LogP contribution in [0.5, 0.6) is 0 Å². The van der Waals surface area contributed by atoms with E-state index in [1.807, 2.05) is 32.9 Å². The molecular formula is C19H23ClN4O3. The third kappa shape index (κ3) is 4.80. The molecule has 1 aromatic heterocycles. The quantitative estimate of drug-likeness (QED) is 0.852. The van der Waals surface area contributed by atoms with Gasteiger partial charge < -0.3 is 14.5 Å². The highest BCUT2D eigenvalue weighted by atomic mass is 35.5. The molecule has 3 rings (SSSR count). The van der Waals surface area contributed by atoms with Crippen LogP contribution in [0.2, 0.25) is 5.02 Å². The fourth-order valence-corrected chi connectivity index (χ4v) is 3.01. The van der Waals surface area contributed by atoms with Crippen molar-refractivity contribution in [3.63, 3.8) is 0 Å². The SMILES string of the molecule is CC(C)(C)OC(=O)N1CCN(C(=O)c2cc(-c3cccc(Cl)c3)n[nH]2)CC1. The number of halogens is 1. The molecule has 0 spiro atoms. The van der Waals surface area contributed by atoms with Crippen molar-refractivity contribution in [2.45, 2.75) is 26.4 Å². The van der Waals surface area contributed by atoms with E-state index in [9.17, 15) is 9.59 Å². The van der Waals surface area contributed by atoms with Crippen LogP contribution in [0.25, 0.3) is 11.3 Å². The van der Waals surface area contributed by atoms with Gasteiger partial charge in [-0.2, -0.15) is 5.10 Å². The van der Waals surface area contributed by atoms with Crippen molar-refractivity contribution in [2.75, 3.05) is 26.2 Å². The molecule has 0 saturated carbocycles. The number of aromatic nitrogens is 2. The average Bonchev–Trinajstić information content (AvgIpc) is 3.10. The van der Waals surface area contributed by atoms with Gasteiger partial charge in [-0.3, -0.25) is 9.89 Å². The Balaban J connectivity index is 1.61. The molecule has 1 aliphatic rings. The number of piperazine rings is 1. The molecule has 2 aromatic rings. The average molecular weight is 391 g/mol. The van der Waals surface area contributed by atoms with Crippen molar-refractivity contribution in [2.24, 2.45) is 0 Å². The Morgan fingerprint density at radius 1 is 1.11 bits per heavy atom. The van der Waals surface area contributed by atoms with E-state index >= 15 is 0 Å². The van der Waals surface area contributed by atoms with Crippen LogP contribution in [-0.4, -0.2) is 63.8 Å². The van der Waals surface area contributed by atoms with Gasteiger partial charge in [0.1, 0.15) is 11.3 Å². The summed E-state index contributed by atoms with van der Waals surface area (Å²) >= 11 is 6.01. The number of ether oxygens (including phenoxy) is 1. The number of nitrogens with zero attached hydrogens (tertiary/aromatic N) is 3. The molecule has 144 valence electrons. The summed E-state index contributed by atoms with van der Waals surface area (Å²) in [5, 5.41) is 7.62. The fraction of sp³-hybridized carbons (Fsp3) is 0.421. The number of hydrogen-bond donors (Lipinski definition) is 1. The minimum absolute atomic E-state index is 0.139. The molecule has 8 heteroatoms. The van der Waals surface area contributed by atoms with Crippen LogP contribution >= 0.6 is 11.6 Å². The number of H-pyrrole nitrogens is 1. The summed E-state index contributed by atoms with van der Waals surface area (Å²) in [4.78, 5) is 28.2. The Labute approximate surface area is 163 Å². The number of nitrogens with one attached hydrogen (secondary N) is 1. The standard InChI is InChI=1S/C19H23ClN4O3/c1-19(2,3)27-18(26)24-9-7-23(8-10-24)17(25)16-12-15(21-22-16)13-5-4-6-14(20)11-13/h4-6,11-12H,7-10H2,1-3H3,(H,21,22). The Morgan fingerprint density at radius 2 is 1.78 bits per heavy atom. The van der Waals surface area contributed by atoms with E-state index in [-0.39, 0.29) is 12.0 Å². The summed E-state index contributed by atoms with van der Waals surface area (Å²) in [5.41, 5.74) is 1.38. The summed E-state index contributed by atoms with van der Waals surface area (Å²) in [6.07, 6.45) is -0.348. The van der Waals surface area contributed by atoms with Gasteiger partial charge in [-0.05, 0) is 39.0 Å². The van der Waals surface area contributed by atoms with Crippen LogP contribution < -0.4 is 0 Å². The van der Waals surface area contributed by atoms with Crippen LogP contribution in [0.3, 0.4) is 0 Å². The fourth-order valence-electron chi connectivity index (χ4n) is 2.82. The van der Waals surface area contributed by atoms with Gasteiger partial charge in [-0.25, -0.2) is 4.79 Å². The molecule has 0 bridgehead atoms. The van der Waals surface area contributed by atoms with Crippen molar-refractivity contribution >= 4 is 23.6 Å². The van der Waals surface area contributed by atoms with Crippen LogP contribution in [0, 0.1) is 0 Å². The summed E-state index contributed by atoms with van der Waals surface area (Å²) in [6, 6.07) is 9.02. The Bertz CT molecular complexity index is 835. The lowest BCUT2D eigenvalue weighted by Crippen LogP contribution is -2.51. The van der Waals surface area contributed by atoms with Gasteiger partial charge in [0.25, 0.3) is 5.91 Å². The molecule has 0 aliphatic carbocycles. The van der Waals surface area contributed by atoms with Crippen molar-refractivity contribution in [3.05, 3.63) is 41.0 Å². The predicted octanol–water partition coefficient (Wildman–Crippen LogP) is 3.42. The van der Waals surface area contributed by atoms with E-state index in [2.05, 4.69) is 10.2 Å². The lowest BCUT2D eigenvalue weighted by molar-refractivity contribution is 0.0140. The molecule has 27 heavy (non-hydrogen) atoms. The summed E-state index contributed by atoms with van der Waals surface area (Å²) in [7, 11) is 0. The van der Waals surface area contributed by atoms with E-state index in [1.54, 1.807) is 28.0 Å². The number of aromatic amines is 1. The zero-order chi connectivity index (χ0) is 19.6. The minimum Gasteiger partial charge on any atom is -0.444 e. The number of hydrogen-bond acceptors (Lipinski definition) is 4. The maximum atomic E-state index is 12.7. The summed E-state index contributed by atoms with van der Waals surface area (Å²) in [6.45, 7) is 7.28. The van der Waals surface area contributed by atoms with Gasteiger partial charge in [0.2, 0.25) is 0 Å². The molecule has 1 fully saturated rings. The van der Waals surface area contributed by atoms with E-state index in [1.165, 1.54) is 0 Å². The highest BCUT2D eigenvalue weighted by Crippen LogP contribution is 2.22. The highest BCUT2D eigenvalue weighted by molar-refractivity contribution is 6.30. The van der Waals surface area contributed by atoms with E-state index in [0.29, 0.717) is 42.6 Å². The van der Waals surface area contributed by atoms with Crippen LogP contribution in [0.4, 0.5) is 4.79 Å². The molecule has 1 aliphatic heterocycles. The third-order valence-electron chi connectivity index (χ3n) is 4.15. The molecule has 1 aromatic carbocycles. The second kappa shape index (κ2) is 7.60. The van der Waals surface area contributed by atoms with Crippen LogP contribution in [-0.2, 0) is 4.74 Å². The highest BCUT2D eigenvalue weighted by Gasteiger charge is 2.28. The summed E-state index contributed by atoms with van der Waals surface area (Å²) in [5.74, 6) is -0.139. The Kier molecular flexibility index (Phi) is 5.41. The predicted molar refractivity (Wildman–Crippen MR) is 103 cm³/mol. The second-order valence-corrected chi connectivity index (χ2v) is 7.87. The molecule has 0 unspecified atom stereocenters. The lowest BCUT2D eigenvalue weighted by Gasteiger charge is -2.35. The van der Waals surface area contributed by atoms with Gasteiger partial charge in [0.15, 0.2) is 0 Å². The number of benzene rings is 1. The smallest absolute Gasteiger partial charge is 0.410 e. The van der Waals surface area contributed by atoms with Crippen molar-refractivity contribution in [1.29, 1.82) is 0 Å². The Hall–Kier alpha value is -2.54. The van der Waals surface area contributed by atoms with Crippen molar-refractivity contribution in [3.8, 4) is 11.3 Å². The normalized spacial score (nSPS) is 15.0. The lowest BCUT2D eigenvalue weighted by atomic mass is 10.1. The van der Waals surface area contributed by atoms with Gasteiger partial charge in [0.05, 0.1) is 5.69 Å². The summed E-state index contributed by atoms with van der Waals surface area (Å²) < 4.78 is 5.38. The number of carbonyl (C=O) groups excluding carboxylic acids is 2. The van der Waals surface area contributed by atoms with Gasteiger partial charge in [-0.1, -0.05) is 23.7 Å². The zero-order valence-corrected chi connectivity index (χ0v) is 16.4. The molecule has 2 heterocycles. The third-order valence-corrected chi connectivity index (χ3v) is 4.38. The minimum atomic E-state index is -0.531. The van der Waals surface area contributed by atoms with Gasteiger partial charge in [-0.15, -0.1) is 0 Å². The monoisotopic (exact) mass is 390 g/mol. The number of rotatable bonds is 2. The first kappa shape index (κ1) is 19.2. The zero-order valence-electron chi connectivity index (χ0n) is 15.7. The number of carbonyl (C=O) groups is 2. The van der Waals surface area contributed by atoms with E-state index in [0.717, 1.165) is 5.56 Å². The second-order valence-electron chi connectivity index (χ2n) is 7.44. The van der Waals surface area contributed by atoms with Gasteiger partial charge >= 0.3 is 6.09 Å². The Morgan fingerprint density at radius 3 is 2.41 bits per heavy atom. The maximum Gasteiger partial charge on any atom is 0.410 e. The van der Waals surface area contributed by atoms with Crippen LogP contribution in [0.1, 0.15) is 31.3 Å². The van der Waals surface area contributed by atoms with Crippen molar-refractivity contribution < 1.29 is 14.3 Å². The first-order chi connectivity index (χ1) is 12.7. The van der Waals surface area contributed by atoms with E-state index < -0.39 is 5.60 Å². The van der Waals surface area contributed by atoms with Crippen molar-refractivity contribution in [1.82, 2.24) is 20.0 Å². The largest absolute Gasteiger partial charge is 0.444 e. The topological polar surface area (TPSA) is 78.5 Å².